The molecule has 0 aliphatic carbocycles. The molecule has 2 aromatic rings. The number of carbonyl (C=O) groups excluding carboxylic acids is 1. The summed E-state index contributed by atoms with van der Waals surface area (Å²) in [5.74, 6) is 0.399. The van der Waals surface area contributed by atoms with E-state index in [1.54, 1.807) is 6.26 Å². The maximum absolute atomic E-state index is 10.8. The Labute approximate surface area is 88.5 Å². The van der Waals surface area contributed by atoms with E-state index in [2.05, 4.69) is 13.0 Å². The molecule has 0 saturated carbocycles. The van der Waals surface area contributed by atoms with Gasteiger partial charge < -0.3 is 4.42 Å². The molecule has 1 heterocycles. The van der Waals surface area contributed by atoms with E-state index >= 15 is 0 Å². The molecule has 2 nitrogen and oxygen atoms in total. The fraction of sp³-hybridized carbons (Fsp3) is 0.154. The van der Waals surface area contributed by atoms with Crippen molar-refractivity contribution in [1.29, 1.82) is 0 Å². The van der Waals surface area contributed by atoms with Crippen LogP contribution >= 0.6 is 0 Å². The van der Waals surface area contributed by atoms with Gasteiger partial charge >= 0.3 is 0 Å². The summed E-state index contributed by atoms with van der Waals surface area (Å²) in [5.41, 5.74) is 3.18. The maximum atomic E-state index is 10.8. The molecule has 0 fully saturated rings. The van der Waals surface area contributed by atoms with Gasteiger partial charge in [0, 0.05) is 5.56 Å². The molecule has 0 spiro atoms. The average molecular weight is 200 g/mol. The van der Waals surface area contributed by atoms with Gasteiger partial charge in [-0.1, -0.05) is 31.2 Å². The van der Waals surface area contributed by atoms with Crippen LogP contribution in [0.3, 0.4) is 0 Å². The largest absolute Gasteiger partial charge is 0.461 e. The van der Waals surface area contributed by atoms with Gasteiger partial charge in [-0.25, -0.2) is 0 Å². The number of furan rings is 1. The van der Waals surface area contributed by atoms with Crippen molar-refractivity contribution >= 4 is 6.29 Å². The number of rotatable bonds is 3. The lowest BCUT2D eigenvalue weighted by molar-refractivity contribution is 0.110. The topological polar surface area (TPSA) is 30.2 Å². The predicted octanol–water partition coefficient (Wildman–Crippen LogP) is 3.32. The molecular weight excluding hydrogens is 188 g/mol. The van der Waals surface area contributed by atoms with Crippen molar-refractivity contribution in [2.75, 3.05) is 0 Å². The summed E-state index contributed by atoms with van der Waals surface area (Å²) in [6.45, 7) is 2.10. The van der Waals surface area contributed by atoms with Crippen LogP contribution in [0.25, 0.3) is 11.1 Å². The third kappa shape index (κ3) is 1.71. The molecule has 2 heteroatoms. The van der Waals surface area contributed by atoms with Gasteiger partial charge in [-0.2, -0.15) is 0 Å². The molecule has 76 valence electrons. The van der Waals surface area contributed by atoms with Gasteiger partial charge in [0.25, 0.3) is 0 Å². The third-order valence-corrected chi connectivity index (χ3v) is 2.49. The van der Waals surface area contributed by atoms with E-state index in [0.29, 0.717) is 5.76 Å². The molecule has 0 radical (unpaired) electrons. The lowest BCUT2D eigenvalue weighted by Crippen LogP contribution is -1.88. The fourth-order valence-electron chi connectivity index (χ4n) is 1.73. The van der Waals surface area contributed by atoms with Crippen LogP contribution in [-0.2, 0) is 6.42 Å². The third-order valence-electron chi connectivity index (χ3n) is 2.49. The van der Waals surface area contributed by atoms with E-state index in [4.69, 9.17) is 4.42 Å². The minimum absolute atomic E-state index is 0.399. The normalized spacial score (nSPS) is 10.2. The zero-order valence-electron chi connectivity index (χ0n) is 8.57. The summed E-state index contributed by atoms with van der Waals surface area (Å²) >= 11 is 0. The Bertz CT molecular complexity index is 469. The SMILES string of the molecule is CCc1ccccc1-c1ccoc1C=O. The minimum Gasteiger partial charge on any atom is -0.461 e. The van der Waals surface area contributed by atoms with Crippen molar-refractivity contribution in [2.45, 2.75) is 13.3 Å². The van der Waals surface area contributed by atoms with Gasteiger partial charge in [-0.15, -0.1) is 0 Å². The fourth-order valence-corrected chi connectivity index (χ4v) is 1.73. The highest BCUT2D eigenvalue weighted by molar-refractivity contribution is 5.85. The maximum Gasteiger partial charge on any atom is 0.185 e. The second kappa shape index (κ2) is 4.13. The predicted molar refractivity (Wildman–Crippen MR) is 58.9 cm³/mol. The first-order valence-electron chi connectivity index (χ1n) is 4.97. The number of aldehydes is 1. The van der Waals surface area contributed by atoms with E-state index in [9.17, 15) is 4.79 Å². The van der Waals surface area contributed by atoms with Crippen molar-refractivity contribution in [2.24, 2.45) is 0 Å². The van der Waals surface area contributed by atoms with Gasteiger partial charge in [-0.3, -0.25) is 4.79 Å². The summed E-state index contributed by atoms with van der Waals surface area (Å²) in [7, 11) is 0. The molecule has 0 amide bonds. The van der Waals surface area contributed by atoms with E-state index in [-0.39, 0.29) is 0 Å². The summed E-state index contributed by atoms with van der Waals surface area (Å²) in [6.07, 6.45) is 3.24. The number of benzene rings is 1. The zero-order valence-corrected chi connectivity index (χ0v) is 8.57. The van der Waals surface area contributed by atoms with Crippen LogP contribution in [0.1, 0.15) is 23.0 Å². The van der Waals surface area contributed by atoms with Gasteiger partial charge in [0.05, 0.1) is 6.26 Å². The van der Waals surface area contributed by atoms with Crippen LogP contribution in [0.5, 0.6) is 0 Å². The van der Waals surface area contributed by atoms with Crippen molar-refractivity contribution < 1.29 is 9.21 Å². The second-order valence-electron chi connectivity index (χ2n) is 3.33. The Kier molecular flexibility index (Phi) is 2.68. The standard InChI is InChI=1S/C13H12O2/c1-2-10-5-3-4-6-11(10)12-7-8-15-13(12)9-14/h3-9H,2H2,1H3. The Balaban J connectivity index is 2.58. The molecule has 0 bridgehead atoms. The van der Waals surface area contributed by atoms with Crippen molar-refractivity contribution in [3.63, 3.8) is 0 Å². The lowest BCUT2D eigenvalue weighted by atomic mass is 9.99. The Morgan fingerprint density at radius 2 is 2.00 bits per heavy atom. The van der Waals surface area contributed by atoms with Crippen LogP contribution in [0.2, 0.25) is 0 Å². The lowest BCUT2D eigenvalue weighted by Gasteiger charge is -2.05. The molecule has 0 aliphatic rings. The first-order valence-corrected chi connectivity index (χ1v) is 4.97. The molecule has 1 aromatic carbocycles. The van der Waals surface area contributed by atoms with Crippen LogP contribution in [0, 0.1) is 0 Å². The summed E-state index contributed by atoms with van der Waals surface area (Å²) in [5, 5.41) is 0. The van der Waals surface area contributed by atoms with Crippen LogP contribution < -0.4 is 0 Å². The molecule has 0 atom stereocenters. The molecule has 0 aliphatic heterocycles. The first kappa shape index (κ1) is 9.71. The summed E-state index contributed by atoms with van der Waals surface area (Å²) < 4.78 is 5.10. The van der Waals surface area contributed by atoms with Crippen molar-refractivity contribution in [3.05, 3.63) is 47.9 Å². The summed E-state index contributed by atoms with van der Waals surface area (Å²) in [6, 6.07) is 9.88. The van der Waals surface area contributed by atoms with Crippen molar-refractivity contribution in [1.82, 2.24) is 0 Å². The molecule has 0 unspecified atom stereocenters. The molecule has 1 aromatic heterocycles. The van der Waals surface area contributed by atoms with E-state index in [1.165, 1.54) is 5.56 Å². The van der Waals surface area contributed by atoms with Crippen LogP contribution in [-0.4, -0.2) is 6.29 Å². The second-order valence-corrected chi connectivity index (χ2v) is 3.33. The number of hydrogen-bond acceptors (Lipinski definition) is 2. The van der Waals surface area contributed by atoms with E-state index in [1.807, 2.05) is 24.3 Å². The zero-order chi connectivity index (χ0) is 10.7. The number of carbonyl (C=O) groups is 1. The van der Waals surface area contributed by atoms with Gasteiger partial charge in [0.2, 0.25) is 0 Å². The highest BCUT2D eigenvalue weighted by Crippen LogP contribution is 2.27. The first-order chi connectivity index (χ1) is 7.36. The molecule has 2 rings (SSSR count). The summed E-state index contributed by atoms with van der Waals surface area (Å²) in [4.78, 5) is 10.8. The quantitative estimate of drug-likeness (QED) is 0.711. The molecule has 0 N–H and O–H groups in total. The van der Waals surface area contributed by atoms with Gasteiger partial charge in [0.15, 0.2) is 12.0 Å². The van der Waals surface area contributed by atoms with Crippen LogP contribution in [0.4, 0.5) is 0 Å². The highest BCUT2D eigenvalue weighted by Gasteiger charge is 2.10. The van der Waals surface area contributed by atoms with E-state index in [0.717, 1.165) is 23.8 Å². The molecule has 0 saturated heterocycles. The molecular formula is C13H12O2. The van der Waals surface area contributed by atoms with E-state index < -0.39 is 0 Å². The average Bonchev–Trinajstić information content (AvgIpc) is 2.76. The highest BCUT2D eigenvalue weighted by atomic mass is 16.3. The number of hydrogen-bond donors (Lipinski definition) is 0. The Morgan fingerprint density at radius 3 is 2.73 bits per heavy atom. The Morgan fingerprint density at radius 1 is 1.20 bits per heavy atom. The monoisotopic (exact) mass is 200 g/mol. The van der Waals surface area contributed by atoms with Gasteiger partial charge in [-0.05, 0) is 23.6 Å². The molecule has 15 heavy (non-hydrogen) atoms. The van der Waals surface area contributed by atoms with Gasteiger partial charge in [0.1, 0.15) is 0 Å². The van der Waals surface area contributed by atoms with Crippen molar-refractivity contribution in [3.8, 4) is 11.1 Å². The number of aryl methyl sites for hydroxylation is 1. The minimum atomic E-state index is 0.399. The van der Waals surface area contributed by atoms with Crippen LogP contribution in [0.15, 0.2) is 41.0 Å². The Hall–Kier alpha value is -1.83. The smallest absolute Gasteiger partial charge is 0.185 e.